The Morgan fingerprint density at radius 1 is 1.09 bits per heavy atom. The molecule has 3 rings (SSSR count). The van der Waals surface area contributed by atoms with Crippen LogP contribution in [0.15, 0.2) is 64.8 Å². The zero-order valence-electron chi connectivity index (χ0n) is 12.8. The second-order valence-corrected chi connectivity index (χ2v) is 5.33. The van der Waals surface area contributed by atoms with Crippen molar-refractivity contribution in [3.63, 3.8) is 0 Å². The highest BCUT2D eigenvalue weighted by Gasteiger charge is 2.13. The van der Waals surface area contributed by atoms with Crippen molar-refractivity contribution >= 4 is 22.5 Å². The monoisotopic (exact) mass is 307 g/mol. The Balaban J connectivity index is 1.75. The van der Waals surface area contributed by atoms with E-state index in [1.807, 2.05) is 54.6 Å². The van der Waals surface area contributed by atoms with Crippen LogP contribution in [0.1, 0.15) is 12.0 Å². The van der Waals surface area contributed by atoms with Gasteiger partial charge in [-0.15, -0.1) is 10.2 Å². The van der Waals surface area contributed by atoms with Crippen molar-refractivity contribution in [3.05, 3.63) is 60.2 Å². The molecule has 5 nitrogen and oxygen atoms in total. The van der Waals surface area contributed by atoms with E-state index < -0.39 is 0 Å². The molecule has 0 saturated carbocycles. The Labute approximate surface area is 133 Å². The molecule has 23 heavy (non-hydrogen) atoms. The molecule has 1 aromatic heterocycles. The number of para-hydroxylation sites is 1. The fourth-order valence-corrected chi connectivity index (χ4v) is 2.51. The maximum Gasteiger partial charge on any atom is 0.265 e. The number of benzene rings is 2. The lowest BCUT2D eigenvalue weighted by Gasteiger charge is -1.97. The Bertz CT molecular complexity index is 867. The summed E-state index contributed by atoms with van der Waals surface area (Å²) in [5.74, 6) is -0.299. The molecule has 0 spiro atoms. The van der Waals surface area contributed by atoms with Gasteiger partial charge >= 0.3 is 0 Å². The molecule has 3 aromatic rings. The lowest BCUT2D eigenvalue weighted by molar-refractivity contribution is -0.118. The zero-order chi connectivity index (χ0) is 16.2. The van der Waals surface area contributed by atoms with Crippen LogP contribution in [0.25, 0.3) is 10.9 Å². The molecule has 2 aromatic carbocycles. The molecule has 1 N–H and O–H groups in total. The summed E-state index contributed by atoms with van der Waals surface area (Å²) in [6, 6.07) is 17.2. The first kappa shape index (κ1) is 15.0. The van der Waals surface area contributed by atoms with E-state index in [4.69, 9.17) is 0 Å². The molecule has 5 heteroatoms. The minimum atomic E-state index is -0.304. The van der Waals surface area contributed by atoms with Crippen LogP contribution in [0, 0.1) is 0 Å². The number of rotatable bonds is 4. The van der Waals surface area contributed by atoms with Crippen molar-refractivity contribution in [1.82, 2.24) is 4.57 Å². The Morgan fingerprint density at radius 3 is 2.57 bits per heavy atom. The van der Waals surface area contributed by atoms with Crippen molar-refractivity contribution in [3.8, 4) is 5.88 Å². The minimum absolute atomic E-state index is 0.00538. The van der Waals surface area contributed by atoms with Gasteiger partial charge in [-0.25, -0.2) is 0 Å². The number of aryl methyl sites for hydroxylation is 2. The third-order valence-corrected chi connectivity index (χ3v) is 3.78. The number of fused-ring (bicyclic) bond motifs is 1. The van der Waals surface area contributed by atoms with E-state index in [9.17, 15) is 9.90 Å². The van der Waals surface area contributed by atoms with Crippen LogP contribution >= 0.6 is 0 Å². The highest BCUT2D eigenvalue weighted by Crippen LogP contribution is 2.37. The highest BCUT2D eigenvalue weighted by molar-refractivity contribution is 5.95. The van der Waals surface area contributed by atoms with Gasteiger partial charge in [0, 0.05) is 18.9 Å². The summed E-state index contributed by atoms with van der Waals surface area (Å²) in [4.78, 5) is 11.9. The number of aromatic hydroxyl groups is 1. The van der Waals surface area contributed by atoms with E-state index in [0.717, 1.165) is 16.5 Å². The molecule has 0 bridgehead atoms. The number of azo groups is 1. The average Bonchev–Trinajstić information content (AvgIpc) is 2.83. The maximum absolute atomic E-state index is 11.9. The molecule has 0 radical (unpaired) electrons. The standard InChI is InChI=1S/C18H17N3O2/c1-21-15-10-6-5-9-14(15)17(18(21)23)20-19-16(22)12-11-13-7-3-2-4-8-13/h2-10,23H,11-12H2,1H3. The van der Waals surface area contributed by atoms with E-state index in [-0.39, 0.29) is 11.8 Å². The zero-order valence-corrected chi connectivity index (χ0v) is 12.8. The van der Waals surface area contributed by atoms with Gasteiger partial charge in [-0.2, -0.15) is 0 Å². The van der Waals surface area contributed by atoms with Gasteiger partial charge in [0.15, 0.2) is 5.69 Å². The molecule has 116 valence electrons. The van der Waals surface area contributed by atoms with E-state index >= 15 is 0 Å². The van der Waals surface area contributed by atoms with E-state index in [2.05, 4.69) is 10.2 Å². The molecular weight excluding hydrogens is 290 g/mol. The summed E-state index contributed by atoms with van der Waals surface area (Å²) >= 11 is 0. The maximum atomic E-state index is 11.9. The third-order valence-electron chi connectivity index (χ3n) is 3.78. The van der Waals surface area contributed by atoms with Crippen LogP contribution in [0.4, 0.5) is 5.69 Å². The quantitative estimate of drug-likeness (QED) is 0.736. The SMILES string of the molecule is Cn1c(O)c(N=NC(=O)CCc2ccccc2)c2ccccc21. The van der Waals surface area contributed by atoms with E-state index in [1.165, 1.54) is 0 Å². The van der Waals surface area contributed by atoms with Crippen LogP contribution in [0.5, 0.6) is 5.88 Å². The number of carbonyl (C=O) groups is 1. The summed E-state index contributed by atoms with van der Waals surface area (Å²) in [5.41, 5.74) is 2.26. The molecule has 0 atom stereocenters. The Kier molecular flexibility index (Phi) is 4.19. The first-order valence-electron chi connectivity index (χ1n) is 7.41. The number of hydrogen-bond acceptors (Lipinski definition) is 3. The Morgan fingerprint density at radius 2 is 1.78 bits per heavy atom. The lowest BCUT2D eigenvalue weighted by Crippen LogP contribution is -1.95. The number of nitrogens with zero attached hydrogens (tertiary/aromatic N) is 3. The number of hydrogen-bond donors (Lipinski definition) is 1. The van der Waals surface area contributed by atoms with Crippen molar-refractivity contribution < 1.29 is 9.90 Å². The van der Waals surface area contributed by atoms with Crippen molar-refractivity contribution in [2.45, 2.75) is 12.8 Å². The number of carbonyl (C=O) groups excluding carboxylic acids is 1. The van der Waals surface area contributed by atoms with Crippen molar-refractivity contribution in [2.75, 3.05) is 0 Å². The molecule has 1 amide bonds. The summed E-state index contributed by atoms with van der Waals surface area (Å²) in [7, 11) is 1.74. The predicted octanol–water partition coefficient (Wildman–Crippen LogP) is 4.13. The highest BCUT2D eigenvalue weighted by atomic mass is 16.3. The first-order chi connectivity index (χ1) is 11.2. The largest absolute Gasteiger partial charge is 0.493 e. The van der Waals surface area contributed by atoms with Gasteiger partial charge in [0.1, 0.15) is 0 Å². The van der Waals surface area contributed by atoms with Crippen LogP contribution in [-0.4, -0.2) is 15.6 Å². The molecular formula is C18H17N3O2. The Hall–Kier alpha value is -2.95. The molecule has 1 heterocycles. The molecule has 0 aliphatic heterocycles. The fraction of sp³-hybridized carbons (Fsp3) is 0.167. The molecule has 0 unspecified atom stereocenters. The van der Waals surface area contributed by atoms with Crippen molar-refractivity contribution in [1.29, 1.82) is 0 Å². The minimum Gasteiger partial charge on any atom is -0.493 e. The third kappa shape index (κ3) is 3.13. The summed E-state index contributed by atoms with van der Waals surface area (Å²) < 4.78 is 1.62. The number of aromatic nitrogens is 1. The van der Waals surface area contributed by atoms with Crippen LogP contribution in [-0.2, 0) is 18.3 Å². The topological polar surface area (TPSA) is 66.9 Å². The van der Waals surface area contributed by atoms with Gasteiger partial charge in [-0.05, 0) is 18.1 Å². The normalized spacial score (nSPS) is 11.3. The second kappa shape index (κ2) is 6.44. The molecule has 0 aliphatic carbocycles. The molecule has 0 saturated heterocycles. The van der Waals surface area contributed by atoms with E-state index in [0.29, 0.717) is 18.5 Å². The smallest absolute Gasteiger partial charge is 0.265 e. The van der Waals surface area contributed by atoms with Gasteiger partial charge in [-0.1, -0.05) is 48.5 Å². The predicted molar refractivity (Wildman–Crippen MR) is 88.9 cm³/mol. The van der Waals surface area contributed by atoms with Crippen LogP contribution < -0.4 is 0 Å². The average molecular weight is 307 g/mol. The summed E-state index contributed by atoms with van der Waals surface area (Å²) in [6.07, 6.45) is 0.916. The van der Waals surface area contributed by atoms with Gasteiger partial charge in [0.05, 0.1) is 5.52 Å². The van der Waals surface area contributed by atoms with Gasteiger partial charge in [-0.3, -0.25) is 4.79 Å². The lowest BCUT2D eigenvalue weighted by atomic mass is 10.1. The van der Waals surface area contributed by atoms with Gasteiger partial charge in [0.25, 0.3) is 5.91 Å². The number of amides is 1. The van der Waals surface area contributed by atoms with Gasteiger partial charge in [0.2, 0.25) is 5.88 Å². The van der Waals surface area contributed by atoms with Crippen molar-refractivity contribution in [2.24, 2.45) is 17.3 Å². The molecule has 0 fully saturated rings. The van der Waals surface area contributed by atoms with Crippen LogP contribution in [0.2, 0.25) is 0 Å². The van der Waals surface area contributed by atoms with Gasteiger partial charge < -0.3 is 9.67 Å². The molecule has 0 aliphatic rings. The van der Waals surface area contributed by atoms with E-state index in [1.54, 1.807) is 11.6 Å². The fourth-order valence-electron chi connectivity index (χ4n) is 2.51. The first-order valence-corrected chi connectivity index (χ1v) is 7.41. The second-order valence-electron chi connectivity index (χ2n) is 5.33. The van der Waals surface area contributed by atoms with Crippen LogP contribution in [0.3, 0.4) is 0 Å². The summed E-state index contributed by atoms with van der Waals surface area (Å²) in [5, 5.41) is 18.6. The summed E-state index contributed by atoms with van der Waals surface area (Å²) in [6.45, 7) is 0.